The Bertz CT molecular complexity index is 621. The van der Waals surface area contributed by atoms with Crippen molar-refractivity contribution in [3.63, 3.8) is 0 Å². The summed E-state index contributed by atoms with van der Waals surface area (Å²) in [5, 5.41) is 2.28. The standard InChI is InChI=1S/C15H16N2O3/c1-15(2)14(20)16-12(18)8-17(15)13(19)11-7-9-5-3-4-6-10(9)11/h3-6,11H,7-8H2,1-2H3,(H,16,18,20). The van der Waals surface area contributed by atoms with Crippen LogP contribution >= 0.6 is 0 Å². The van der Waals surface area contributed by atoms with Crippen LogP contribution in [-0.4, -0.2) is 34.7 Å². The molecule has 1 aromatic rings. The molecule has 0 radical (unpaired) electrons. The minimum absolute atomic E-state index is 0.0593. The first-order valence-electron chi connectivity index (χ1n) is 6.65. The molecule has 0 spiro atoms. The van der Waals surface area contributed by atoms with Crippen LogP contribution in [0.15, 0.2) is 24.3 Å². The van der Waals surface area contributed by atoms with E-state index < -0.39 is 17.4 Å². The fraction of sp³-hybridized carbons (Fsp3) is 0.400. The minimum atomic E-state index is -0.991. The summed E-state index contributed by atoms with van der Waals surface area (Å²) >= 11 is 0. The molecule has 5 heteroatoms. The quantitative estimate of drug-likeness (QED) is 0.761. The molecule has 0 saturated carbocycles. The number of hydrogen-bond donors (Lipinski definition) is 1. The largest absolute Gasteiger partial charge is 0.319 e. The fourth-order valence-electron chi connectivity index (χ4n) is 2.80. The Balaban J connectivity index is 1.88. The van der Waals surface area contributed by atoms with Crippen LogP contribution in [0.1, 0.15) is 30.9 Å². The molecule has 1 saturated heterocycles. The van der Waals surface area contributed by atoms with Crippen LogP contribution in [0.25, 0.3) is 0 Å². The van der Waals surface area contributed by atoms with Crippen molar-refractivity contribution >= 4 is 17.7 Å². The van der Waals surface area contributed by atoms with Crippen LogP contribution in [-0.2, 0) is 20.8 Å². The lowest BCUT2D eigenvalue weighted by Crippen LogP contribution is -2.66. The van der Waals surface area contributed by atoms with E-state index in [0.717, 1.165) is 11.1 Å². The molecule has 2 aliphatic rings. The Labute approximate surface area is 116 Å². The lowest BCUT2D eigenvalue weighted by molar-refractivity contribution is -0.156. The molecule has 1 aliphatic heterocycles. The van der Waals surface area contributed by atoms with Gasteiger partial charge in [-0.2, -0.15) is 0 Å². The molecular formula is C15H16N2O3. The summed E-state index contributed by atoms with van der Waals surface area (Å²) in [5.41, 5.74) is 1.18. The van der Waals surface area contributed by atoms with E-state index in [1.807, 2.05) is 24.3 Å². The summed E-state index contributed by atoms with van der Waals surface area (Å²) in [6.45, 7) is 3.27. The predicted octanol–water partition coefficient (Wildman–Crippen LogP) is 0.590. The zero-order valence-electron chi connectivity index (χ0n) is 11.5. The zero-order valence-corrected chi connectivity index (χ0v) is 11.5. The second-order valence-electron chi connectivity index (χ2n) is 5.82. The number of fused-ring (bicyclic) bond motifs is 1. The molecule has 1 heterocycles. The molecule has 104 valence electrons. The van der Waals surface area contributed by atoms with Crippen LogP contribution in [0.4, 0.5) is 0 Å². The summed E-state index contributed by atoms with van der Waals surface area (Å²) < 4.78 is 0. The number of benzene rings is 1. The Kier molecular flexibility index (Phi) is 2.67. The van der Waals surface area contributed by atoms with Gasteiger partial charge in [0.05, 0.1) is 5.92 Å². The van der Waals surface area contributed by atoms with Gasteiger partial charge in [-0.05, 0) is 31.4 Å². The van der Waals surface area contributed by atoms with Gasteiger partial charge >= 0.3 is 0 Å². The molecule has 1 atom stereocenters. The molecule has 0 bridgehead atoms. The van der Waals surface area contributed by atoms with Crippen molar-refractivity contribution in [2.45, 2.75) is 31.7 Å². The maximum absolute atomic E-state index is 12.6. The number of carbonyl (C=O) groups excluding carboxylic acids is 3. The lowest BCUT2D eigenvalue weighted by Gasteiger charge is -2.43. The molecule has 1 N–H and O–H groups in total. The number of amides is 3. The molecule has 3 rings (SSSR count). The highest BCUT2D eigenvalue weighted by Crippen LogP contribution is 2.37. The van der Waals surface area contributed by atoms with E-state index in [-0.39, 0.29) is 18.4 Å². The van der Waals surface area contributed by atoms with Gasteiger partial charge in [-0.1, -0.05) is 24.3 Å². The number of rotatable bonds is 1. The van der Waals surface area contributed by atoms with Crippen molar-refractivity contribution in [1.82, 2.24) is 10.2 Å². The number of nitrogens with one attached hydrogen (secondary N) is 1. The number of imide groups is 1. The van der Waals surface area contributed by atoms with Crippen LogP contribution < -0.4 is 5.32 Å². The minimum Gasteiger partial charge on any atom is -0.319 e. The van der Waals surface area contributed by atoms with Crippen LogP contribution in [0, 0.1) is 0 Å². The number of hydrogen-bond acceptors (Lipinski definition) is 3. The third-order valence-electron chi connectivity index (χ3n) is 4.20. The Morgan fingerprint density at radius 1 is 1.30 bits per heavy atom. The second kappa shape index (κ2) is 4.16. The predicted molar refractivity (Wildman–Crippen MR) is 71.8 cm³/mol. The summed E-state index contributed by atoms with van der Waals surface area (Å²) in [6, 6.07) is 7.78. The van der Waals surface area contributed by atoms with Crippen molar-refractivity contribution in [2.75, 3.05) is 6.54 Å². The first-order chi connectivity index (χ1) is 9.41. The normalized spacial score (nSPS) is 23.7. The van der Waals surface area contributed by atoms with Gasteiger partial charge < -0.3 is 4.90 Å². The Hall–Kier alpha value is -2.17. The van der Waals surface area contributed by atoms with Gasteiger partial charge in [0, 0.05) is 0 Å². The monoisotopic (exact) mass is 272 g/mol. The number of nitrogens with zero attached hydrogens (tertiary/aromatic N) is 1. The van der Waals surface area contributed by atoms with E-state index in [1.54, 1.807) is 13.8 Å². The van der Waals surface area contributed by atoms with Crippen molar-refractivity contribution in [1.29, 1.82) is 0 Å². The second-order valence-corrected chi connectivity index (χ2v) is 5.82. The SMILES string of the molecule is CC1(C)C(=O)NC(=O)CN1C(=O)C1Cc2ccccc21. The molecular weight excluding hydrogens is 256 g/mol. The van der Waals surface area contributed by atoms with E-state index in [0.29, 0.717) is 6.42 Å². The summed E-state index contributed by atoms with van der Waals surface area (Å²) in [4.78, 5) is 37.5. The van der Waals surface area contributed by atoms with Gasteiger partial charge in [0.1, 0.15) is 12.1 Å². The number of carbonyl (C=O) groups is 3. The van der Waals surface area contributed by atoms with E-state index in [2.05, 4.69) is 5.32 Å². The van der Waals surface area contributed by atoms with Crippen molar-refractivity contribution < 1.29 is 14.4 Å². The highest BCUT2D eigenvalue weighted by Gasteiger charge is 2.47. The van der Waals surface area contributed by atoms with Crippen molar-refractivity contribution in [3.05, 3.63) is 35.4 Å². The Morgan fingerprint density at radius 3 is 2.70 bits per heavy atom. The summed E-state index contributed by atoms with van der Waals surface area (Å²) in [7, 11) is 0. The van der Waals surface area contributed by atoms with Crippen LogP contribution in [0.2, 0.25) is 0 Å². The third-order valence-corrected chi connectivity index (χ3v) is 4.20. The van der Waals surface area contributed by atoms with Gasteiger partial charge in [0.2, 0.25) is 11.8 Å². The highest BCUT2D eigenvalue weighted by atomic mass is 16.2. The smallest absolute Gasteiger partial charge is 0.252 e. The maximum Gasteiger partial charge on any atom is 0.252 e. The highest BCUT2D eigenvalue weighted by molar-refractivity contribution is 6.07. The molecule has 5 nitrogen and oxygen atoms in total. The van der Waals surface area contributed by atoms with E-state index in [9.17, 15) is 14.4 Å². The van der Waals surface area contributed by atoms with Crippen LogP contribution in [0.3, 0.4) is 0 Å². The topological polar surface area (TPSA) is 66.5 Å². The molecule has 1 aromatic carbocycles. The maximum atomic E-state index is 12.6. The van der Waals surface area contributed by atoms with Crippen molar-refractivity contribution in [3.8, 4) is 0 Å². The lowest BCUT2D eigenvalue weighted by atomic mass is 9.76. The first-order valence-corrected chi connectivity index (χ1v) is 6.65. The van der Waals surface area contributed by atoms with Gasteiger partial charge in [0.15, 0.2) is 0 Å². The van der Waals surface area contributed by atoms with Gasteiger partial charge in [-0.3, -0.25) is 19.7 Å². The molecule has 1 unspecified atom stereocenters. The van der Waals surface area contributed by atoms with E-state index in [1.165, 1.54) is 4.90 Å². The first kappa shape index (κ1) is 12.8. The van der Waals surface area contributed by atoms with E-state index >= 15 is 0 Å². The van der Waals surface area contributed by atoms with Gasteiger partial charge in [-0.25, -0.2) is 0 Å². The van der Waals surface area contributed by atoms with Crippen LogP contribution in [0.5, 0.6) is 0 Å². The average Bonchev–Trinajstić information content (AvgIpc) is 2.35. The van der Waals surface area contributed by atoms with Gasteiger partial charge in [-0.15, -0.1) is 0 Å². The average molecular weight is 272 g/mol. The van der Waals surface area contributed by atoms with Gasteiger partial charge in [0.25, 0.3) is 5.91 Å². The fourth-order valence-corrected chi connectivity index (χ4v) is 2.80. The molecule has 20 heavy (non-hydrogen) atoms. The summed E-state index contributed by atoms with van der Waals surface area (Å²) in [6.07, 6.45) is 0.678. The third kappa shape index (κ3) is 1.73. The zero-order chi connectivity index (χ0) is 14.5. The molecule has 1 aliphatic carbocycles. The summed E-state index contributed by atoms with van der Waals surface area (Å²) in [5.74, 6) is -1.22. The van der Waals surface area contributed by atoms with Crippen molar-refractivity contribution in [2.24, 2.45) is 0 Å². The molecule has 3 amide bonds. The number of piperazine rings is 1. The Morgan fingerprint density at radius 2 is 2.00 bits per heavy atom. The van der Waals surface area contributed by atoms with E-state index in [4.69, 9.17) is 0 Å². The molecule has 1 fully saturated rings. The molecule has 0 aromatic heterocycles.